The molecule has 1 aliphatic carbocycles. The summed E-state index contributed by atoms with van der Waals surface area (Å²) in [5.74, 6) is 0. The summed E-state index contributed by atoms with van der Waals surface area (Å²) in [5, 5.41) is 7.86. The van der Waals surface area contributed by atoms with E-state index >= 15 is 0 Å². The first-order chi connectivity index (χ1) is 16.9. The van der Waals surface area contributed by atoms with Crippen LogP contribution < -0.4 is 15.7 Å². The van der Waals surface area contributed by atoms with E-state index in [-0.39, 0.29) is 22.7 Å². The molecule has 1 unspecified atom stereocenters. The van der Waals surface area contributed by atoms with Gasteiger partial charge in [-0.05, 0) is 33.7 Å². The summed E-state index contributed by atoms with van der Waals surface area (Å²) in [6.45, 7) is 8.62. The van der Waals surface area contributed by atoms with Crippen molar-refractivity contribution in [3.8, 4) is 0 Å². The highest BCUT2D eigenvalue weighted by molar-refractivity contribution is 8.02. The van der Waals surface area contributed by atoms with E-state index in [1.807, 2.05) is 16.5 Å². The van der Waals surface area contributed by atoms with Gasteiger partial charge in [0.1, 0.15) is 5.50 Å². The van der Waals surface area contributed by atoms with Crippen molar-refractivity contribution >= 4 is 36.5 Å². The van der Waals surface area contributed by atoms with Crippen molar-refractivity contribution < 1.29 is 9.22 Å². The largest absolute Gasteiger partial charge is 0.402 e. The van der Waals surface area contributed by atoms with Crippen LogP contribution in [0, 0.1) is 0 Å². The molecule has 0 radical (unpaired) electrons. The Balaban J connectivity index is 1.32. The number of thioether (sulfide) groups is 1. The zero-order chi connectivity index (χ0) is 24.5. The van der Waals surface area contributed by atoms with E-state index < -0.39 is 8.32 Å². The predicted molar refractivity (Wildman–Crippen MR) is 147 cm³/mol. The second-order valence-corrected chi connectivity index (χ2v) is 16.2. The van der Waals surface area contributed by atoms with E-state index in [9.17, 15) is 4.79 Å². The number of benzene rings is 2. The maximum atomic E-state index is 13.0. The smallest absolute Gasteiger partial charge is 0.323 e. The lowest BCUT2D eigenvalue weighted by molar-refractivity contribution is -0.0154. The first-order valence-electron chi connectivity index (χ1n) is 12.8. The zero-order valence-electron chi connectivity index (χ0n) is 21.0. The Bertz CT molecular complexity index is 992. The first kappa shape index (κ1) is 24.6. The van der Waals surface area contributed by atoms with E-state index in [1.165, 1.54) is 23.2 Å². The molecule has 0 bridgehead atoms. The summed E-state index contributed by atoms with van der Waals surface area (Å²) < 4.78 is 7.25. The van der Waals surface area contributed by atoms with Gasteiger partial charge in [0.05, 0.1) is 6.10 Å². The Hall–Kier alpha value is -2.06. The Labute approximate surface area is 215 Å². The van der Waals surface area contributed by atoms with Gasteiger partial charge in [0.2, 0.25) is 0 Å². The van der Waals surface area contributed by atoms with Crippen LogP contribution in [0.25, 0.3) is 0 Å². The van der Waals surface area contributed by atoms with Crippen molar-refractivity contribution in [2.24, 2.45) is 0 Å². The molecule has 186 valence electrons. The number of carbonyl (C=O) groups excluding carboxylic acids is 1. The molecule has 3 aliphatic rings. The lowest BCUT2D eigenvalue weighted by atomic mass is 10.2. The average molecular weight is 508 g/mol. The van der Waals surface area contributed by atoms with Gasteiger partial charge < -0.3 is 9.74 Å². The summed E-state index contributed by atoms with van der Waals surface area (Å²) in [4.78, 5) is 17.2. The fourth-order valence-corrected chi connectivity index (χ4v) is 11.4. The van der Waals surface area contributed by atoms with Crippen LogP contribution in [0.15, 0.2) is 72.3 Å². The third-order valence-corrected chi connectivity index (χ3v) is 13.7. The van der Waals surface area contributed by atoms with E-state index in [2.05, 4.69) is 91.7 Å². The number of hydrogen-bond acceptors (Lipinski definition) is 4. The summed E-state index contributed by atoms with van der Waals surface area (Å²) in [6, 6.07) is 22.0. The van der Waals surface area contributed by atoms with Crippen LogP contribution in [0.2, 0.25) is 5.04 Å². The summed E-state index contributed by atoms with van der Waals surface area (Å²) in [7, 11) is -2.56. The molecular formula is C28H37N3O2SSi. The molecule has 0 spiro atoms. The van der Waals surface area contributed by atoms with Crippen molar-refractivity contribution in [1.82, 2.24) is 15.1 Å². The number of nitrogens with one attached hydrogen (secondary N) is 1. The van der Waals surface area contributed by atoms with E-state index in [0.717, 1.165) is 25.9 Å². The van der Waals surface area contributed by atoms with Gasteiger partial charge in [0, 0.05) is 25.3 Å². The topological polar surface area (TPSA) is 44.8 Å². The molecule has 1 saturated carbocycles. The molecule has 2 aromatic carbocycles. The number of carbonyl (C=O) groups is 1. The van der Waals surface area contributed by atoms with Crippen molar-refractivity contribution in [1.29, 1.82) is 0 Å². The minimum atomic E-state index is -2.56. The lowest BCUT2D eigenvalue weighted by Crippen LogP contribution is -2.71. The van der Waals surface area contributed by atoms with Crippen molar-refractivity contribution in [2.75, 3.05) is 13.1 Å². The fourth-order valence-electron chi connectivity index (χ4n) is 5.73. The maximum absolute atomic E-state index is 13.0. The van der Waals surface area contributed by atoms with E-state index in [1.54, 1.807) is 11.8 Å². The van der Waals surface area contributed by atoms with Gasteiger partial charge in [-0.3, -0.25) is 9.80 Å². The molecule has 2 aromatic rings. The van der Waals surface area contributed by atoms with Crippen LogP contribution in [0.5, 0.6) is 0 Å². The molecule has 2 aliphatic heterocycles. The predicted octanol–water partition coefficient (Wildman–Crippen LogP) is 4.70. The minimum absolute atomic E-state index is 0.00964. The number of nitrogens with zero attached hydrogens (tertiary/aromatic N) is 2. The third-order valence-electron chi connectivity index (χ3n) is 7.53. The number of rotatable bonds is 6. The normalized spacial score (nSPS) is 21.9. The van der Waals surface area contributed by atoms with E-state index in [4.69, 9.17) is 4.43 Å². The Morgan fingerprint density at radius 1 is 0.971 bits per heavy atom. The zero-order valence-corrected chi connectivity index (χ0v) is 22.8. The standard InChI is InChI=1S/C28H37N3O2SSi/c1-28(2,3)35(24-14-6-4-7-15-24,25-16-8-5-9-17-25)33-23-20-30(21-23)27-31(18-19-34-27)26(32)29-22-12-10-11-13-22/h4-9,14-19,22-23,27H,10-13,20-21H2,1-3H3,(H,29,32). The lowest BCUT2D eigenvalue weighted by Gasteiger charge is -2.51. The monoisotopic (exact) mass is 507 g/mol. The van der Waals surface area contributed by atoms with Crippen LogP contribution in [0.1, 0.15) is 46.5 Å². The highest BCUT2D eigenvalue weighted by Crippen LogP contribution is 2.40. The van der Waals surface area contributed by atoms with Gasteiger partial charge in [-0.25, -0.2) is 4.79 Å². The Kier molecular flexibility index (Phi) is 7.13. The second kappa shape index (κ2) is 10.1. The van der Waals surface area contributed by atoms with Crippen LogP contribution >= 0.6 is 11.8 Å². The molecule has 2 fully saturated rings. The van der Waals surface area contributed by atoms with Crippen LogP contribution in [0.3, 0.4) is 0 Å². The number of likely N-dealkylation sites (tertiary alicyclic amines) is 1. The Morgan fingerprint density at radius 3 is 2.09 bits per heavy atom. The van der Waals surface area contributed by atoms with Gasteiger partial charge in [-0.15, -0.1) is 0 Å². The minimum Gasteiger partial charge on any atom is -0.402 e. The average Bonchev–Trinajstić information content (AvgIpc) is 3.51. The van der Waals surface area contributed by atoms with Crippen LogP contribution in [-0.2, 0) is 4.43 Å². The molecule has 5 rings (SSSR count). The maximum Gasteiger partial charge on any atom is 0.323 e. The van der Waals surface area contributed by atoms with Gasteiger partial charge in [0.15, 0.2) is 0 Å². The molecule has 7 heteroatoms. The van der Waals surface area contributed by atoms with Crippen molar-refractivity contribution in [2.45, 2.75) is 69.1 Å². The molecule has 2 heterocycles. The summed E-state index contributed by atoms with van der Waals surface area (Å²) in [6.07, 6.45) is 6.69. The van der Waals surface area contributed by atoms with Crippen molar-refractivity contribution in [3.05, 3.63) is 72.3 Å². The molecule has 1 saturated heterocycles. The molecular weight excluding hydrogens is 470 g/mol. The number of urea groups is 1. The number of amides is 2. The third kappa shape index (κ3) is 4.84. The van der Waals surface area contributed by atoms with Gasteiger partial charge in [-0.2, -0.15) is 0 Å². The summed E-state index contributed by atoms with van der Waals surface area (Å²) in [5.41, 5.74) is 0.00964. The molecule has 1 N–H and O–H groups in total. The Morgan fingerprint density at radius 2 is 1.54 bits per heavy atom. The quantitative estimate of drug-likeness (QED) is 0.576. The molecule has 5 nitrogen and oxygen atoms in total. The number of hydrogen-bond donors (Lipinski definition) is 1. The van der Waals surface area contributed by atoms with Crippen molar-refractivity contribution in [3.63, 3.8) is 0 Å². The molecule has 2 amide bonds. The molecule has 0 aromatic heterocycles. The fraction of sp³-hybridized carbons (Fsp3) is 0.464. The van der Waals surface area contributed by atoms with Gasteiger partial charge in [0.25, 0.3) is 8.32 Å². The highest BCUT2D eigenvalue weighted by Gasteiger charge is 2.53. The molecule has 35 heavy (non-hydrogen) atoms. The van der Waals surface area contributed by atoms with Crippen LogP contribution in [0.4, 0.5) is 4.79 Å². The highest BCUT2D eigenvalue weighted by atomic mass is 32.2. The van der Waals surface area contributed by atoms with Crippen LogP contribution in [-0.4, -0.2) is 54.9 Å². The second-order valence-electron chi connectivity index (χ2n) is 10.9. The summed E-state index contributed by atoms with van der Waals surface area (Å²) >= 11 is 1.71. The van der Waals surface area contributed by atoms with Gasteiger partial charge >= 0.3 is 6.03 Å². The SMILES string of the molecule is CC(C)(C)[Si](OC1CN(C2SC=CN2C(=O)NC2CCCC2)C1)(c1ccccc1)c1ccccc1. The van der Waals surface area contributed by atoms with Gasteiger partial charge in [-0.1, -0.05) is 106 Å². The first-order valence-corrected chi connectivity index (χ1v) is 15.7. The molecule has 1 atom stereocenters. The van der Waals surface area contributed by atoms with E-state index in [0.29, 0.717) is 6.04 Å².